The molecule has 0 aromatic heterocycles. The molecule has 0 spiro atoms. The first-order valence-electron chi connectivity index (χ1n) is 5.99. The number of nitrogens with zero attached hydrogens (tertiary/aromatic N) is 1. The van der Waals surface area contributed by atoms with Crippen molar-refractivity contribution in [2.45, 2.75) is 46.1 Å². The molecule has 0 radical (unpaired) electrons. The van der Waals surface area contributed by atoms with Crippen LogP contribution in [0.15, 0.2) is 4.99 Å². The molecule has 1 heterocycles. The minimum atomic E-state index is 0.349. The van der Waals surface area contributed by atoms with Crippen LogP contribution in [-0.4, -0.2) is 23.5 Å². The average molecular weight is 226 g/mol. The van der Waals surface area contributed by atoms with Crippen molar-refractivity contribution in [3.8, 4) is 0 Å². The van der Waals surface area contributed by atoms with Crippen LogP contribution < -0.4 is 5.32 Å². The van der Waals surface area contributed by atoms with Crippen LogP contribution >= 0.6 is 11.8 Å². The molecule has 2 aliphatic rings. The second kappa shape index (κ2) is 4.36. The zero-order valence-corrected chi connectivity index (χ0v) is 10.9. The molecule has 15 heavy (non-hydrogen) atoms. The SMILES string of the molecule is CC(C)(C)C1CCSC(=NCC2CC2)N1. The van der Waals surface area contributed by atoms with Gasteiger partial charge in [-0.25, -0.2) is 0 Å². The Hall–Kier alpha value is -0.180. The molecule has 3 heteroatoms. The monoisotopic (exact) mass is 226 g/mol. The molecule has 2 fully saturated rings. The van der Waals surface area contributed by atoms with E-state index in [1.54, 1.807) is 0 Å². The summed E-state index contributed by atoms with van der Waals surface area (Å²) in [5.41, 5.74) is 0.349. The molecule has 0 aromatic carbocycles. The van der Waals surface area contributed by atoms with Crippen LogP contribution in [0.5, 0.6) is 0 Å². The molecule has 1 saturated carbocycles. The fourth-order valence-corrected chi connectivity index (χ4v) is 2.73. The van der Waals surface area contributed by atoms with E-state index in [4.69, 9.17) is 0 Å². The Morgan fingerprint density at radius 2 is 2.07 bits per heavy atom. The summed E-state index contributed by atoms with van der Waals surface area (Å²) in [5.74, 6) is 2.12. The predicted octanol–water partition coefficient (Wildman–Crippen LogP) is 2.89. The van der Waals surface area contributed by atoms with Gasteiger partial charge < -0.3 is 5.32 Å². The van der Waals surface area contributed by atoms with Crippen LogP contribution in [0.4, 0.5) is 0 Å². The highest BCUT2D eigenvalue weighted by atomic mass is 32.2. The predicted molar refractivity (Wildman–Crippen MR) is 68.5 cm³/mol. The van der Waals surface area contributed by atoms with Crippen molar-refractivity contribution in [3.05, 3.63) is 0 Å². The lowest BCUT2D eigenvalue weighted by molar-refractivity contribution is 0.290. The molecular formula is C12H22N2S. The third-order valence-corrected chi connectivity index (χ3v) is 4.14. The number of thioether (sulfide) groups is 1. The summed E-state index contributed by atoms with van der Waals surface area (Å²) in [7, 11) is 0. The molecule has 0 aromatic rings. The van der Waals surface area contributed by atoms with Crippen molar-refractivity contribution in [1.29, 1.82) is 0 Å². The smallest absolute Gasteiger partial charge is 0.156 e. The van der Waals surface area contributed by atoms with Crippen LogP contribution in [0.2, 0.25) is 0 Å². The van der Waals surface area contributed by atoms with Crippen molar-refractivity contribution in [2.24, 2.45) is 16.3 Å². The van der Waals surface area contributed by atoms with Crippen LogP contribution in [0, 0.1) is 11.3 Å². The van der Waals surface area contributed by atoms with Gasteiger partial charge in [0.1, 0.15) is 0 Å². The molecule has 1 aliphatic heterocycles. The quantitative estimate of drug-likeness (QED) is 0.783. The lowest BCUT2D eigenvalue weighted by Crippen LogP contribution is -2.46. The normalized spacial score (nSPS) is 30.3. The average Bonchev–Trinajstić information content (AvgIpc) is 2.97. The third-order valence-electron chi connectivity index (χ3n) is 3.18. The van der Waals surface area contributed by atoms with Gasteiger partial charge in [-0.15, -0.1) is 0 Å². The molecule has 1 aliphatic carbocycles. The van der Waals surface area contributed by atoms with Crippen molar-refractivity contribution in [3.63, 3.8) is 0 Å². The Kier molecular flexibility index (Phi) is 3.29. The maximum Gasteiger partial charge on any atom is 0.156 e. The summed E-state index contributed by atoms with van der Waals surface area (Å²) in [6.07, 6.45) is 4.05. The van der Waals surface area contributed by atoms with E-state index in [-0.39, 0.29) is 0 Å². The molecule has 86 valence electrons. The van der Waals surface area contributed by atoms with Gasteiger partial charge in [-0.3, -0.25) is 4.99 Å². The van der Waals surface area contributed by atoms with Crippen LogP contribution in [0.25, 0.3) is 0 Å². The minimum Gasteiger partial charge on any atom is -0.362 e. The second-order valence-electron chi connectivity index (χ2n) is 5.79. The van der Waals surface area contributed by atoms with Gasteiger partial charge in [-0.05, 0) is 30.6 Å². The van der Waals surface area contributed by atoms with E-state index in [1.807, 2.05) is 11.8 Å². The number of amidine groups is 1. The van der Waals surface area contributed by atoms with E-state index in [2.05, 4.69) is 31.1 Å². The van der Waals surface area contributed by atoms with Gasteiger partial charge in [0, 0.05) is 18.3 Å². The highest BCUT2D eigenvalue weighted by molar-refractivity contribution is 8.13. The summed E-state index contributed by atoms with van der Waals surface area (Å²) < 4.78 is 0. The Morgan fingerprint density at radius 1 is 1.33 bits per heavy atom. The Labute approximate surface area is 97.3 Å². The first-order valence-corrected chi connectivity index (χ1v) is 6.98. The van der Waals surface area contributed by atoms with Gasteiger partial charge in [0.05, 0.1) is 0 Å². The molecule has 1 saturated heterocycles. The summed E-state index contributed by atoms with van der Waals surface area (Å²) >= 11 is 1.89. The van der Waals surface area contributed by atoms with Crippen LogP contribution in [0.3, 0.4) is 0 Å². The number of aliphatic imine (C=N–C) groups is 1. The summed E-state index contributed by atoms with van der Waals surface area (Å²) in [6, 6.07) is 0.594. The molecule has 1 unspecified atom stereocenters. The lowest BCUT2D eigenvalue weighted by atomic mass is 9.85. The van der Waals surface area contributed by atoms with Crippen LogP contribution in [0.1, 0.15) is 40.0 Å². The van der Waals surface area contributed by atoms with Gasteiger partial charge in [0.2, 0.25) is 0 Å². The number of rotatable bonds is 2. The summed E-state index contributed by atoms with van der Waals surface area (Å²) in [4.78, 5) is 4.68. The Morgan fingerprint density at radius 3 is 2.67 bits per heavy atom. The minimum absolute atomic E-state index is 0.349. The zero-order valence-electron chi connectivity index (χ0n) is 10.0. The van der Waals surface area contributed by atoms with E-state index in [0.29, 0.717) is 11.5 Å². The van der Waals surface area contributed by atoms with Crippen molar-refractivity contribution in [2.75, 3.05) is 12.3 Å². The maximum absolute atomic E-state index is 4.68. The highest BCUT2D eigenvalue weighted by Gasteiger charge is 2.29. The number of nitrogens with one attached hydrogen (secondary N) is 1. The molecule has 2 rings (SSSR count). The maximum atomic E-state index is 4.68. The van der Waals surface area contributed by atoms with Crippen LogP contribution in [-0.2, 0) is 0 Å². The van der Waals surface area contributed by atoms with Gasteiger partial charge in [-0.1, -0.05) is 32.5 Å². The van der Waals surface area contributed by atoms with E-state index >= 15 is 0 Å². The highest BCUT2D eigenvalue weighted by Crippen LogP contribution is 2.30. The first-order chi connectivity index (χ1) is 7.05. The topological polar surface area (TPSA) is 24.4 Å². The second-order valence-corrected chi connectivity index (χ2v) is 6.87. The fourth-order valence-electron chi connectivity index (χ4n) is 1.79. The Balaban J connectivity index is 1.88. The Bertz CT molecular complexity index is 251. The van der Waals surface area contributed by atoms with Gasteiger partial charge >= 0.3 is 0 Å². The fraction of sp³-hybridized carbons (Fsp3) is 0.917. The molecular weight excluding hydrogens is 204 g/mol. The van der Waals surface area contributed by atoms with Crippen molar-refractivity contribution < 1.29 is 0 Å². The van der Waals surface area contributed by atoms with E-state index < -0.39 is 0 Å². The molecule has 1 N–H and O–H groups in total. The molecule has 0 amide bonds. The lowest BCUT2D eigenvalue weighted by Gasteiger charge is -2.35. The van der Waals surface area contributed by atoms with Gasteiger partial charge in [-0.2, -0.15) is 0 Å². The third kappa shape index (κ3) is 3.40. The zero-order chi connectivity index (χ0) is 10.9. The standard InChI is InChI=1S/C12H22N2S/c1-12(2,3)10-6-7-15-11(14-10)13-8-9-4-5-9/h9-10H,4-8H2,1-3H3,(H,13,14). The van der Waals surface area contributed by atoms with Gasteiger partial charge in [0.15, 0.2) is 5.17 Å². The van der Waals surface area contributed by atoms with Crippen molar-refractivity contribution >= 4 is 16.9 Å². The van der Waals surface area contributed by atoms with E-state index in [1.165, 1.54) is 30.2 Å². The van der Waals surface area contributed by atoms with Crippen molar-refractivity contribution in [1.82, 2.24) is 5.32 Å². The summed E-state index contributed by atoms with van der Waals surface area (Å²) in [5, 5.41) is 4.78. The number of hydrogen-bond donors (Lipinski definition) is 1. The van der Waals surface area contributed by atoms with E-state index in [0.717, 1.165) is 12.5 Å². The first kappa shape index (κ1) is 11.3. The molecule has 1 atom stereocenters. The number of hydrogen-bond acceptors (Lipinski definition) is 2. The largest absolute Gasteiger partial charge is 0.362 e. The summed E-state index contributed by atoms with van der Waals surface area (Å²) in [6.45, 7) is 7.96. The molecule has 0 bridgehead atoms. The van der Waals surface area contributed by atoms with E-state index in [9.17, 15) is 0 Å². The molecule has 2 nitrogen and oxygen atoms in total. The van der Waals surface area contributed by atoms with Gasteiger partial charge in [0.25, 0.3) is 0 Å².